The molecule has 0 spiro atoms. The van der Waals surface area contributed by atoms with E-state index < -0.39 is 11.7 Å². The number of halogens is 3. The smallest absolute Gasteiger partial charge is 0.416 e. The van der Waals surface area contributed by atoms with Gasteiger partial charge in [0, 0.05) is 0 Å². The van der Waals surface area contributed by atoms with E-state index in [1.807, 2.05) is 13.8 Å². The lowest BCUT2D eigenvalue weighted by Gasteiger charge is -2.15. The van der Waals surface area contributed by atoms with E-state index in [0.29, 0.717) is 12.4 Å². The lowest BCUT2D eigenvalue weighted by Crippen LogP contribution is -2.07. The molecular weight excluding hydrogens is 217 g/mol. The minimum Gasteiger partial charge on any atom is -0.494 e. The zero-order valence-electron chi connectivity index (χ0n) is 9.56. The molecule has 90 valence electrons. The van der Waals surface area contributed by atoms with Crippen LogP contribution >= 0.6 is 0 Å². The fourth-order valence-corrected chi connectivity index (χ4v) is 1.47. The fourth-order valence-electron chi connectivity index (χ4n) is 1.47. The zero-order chi connectivity index (χ0) is 12.3. The van der Waals surface area contributed by atoms with Crippen molar-refractivity contribution in [2.75, 3.05) is 6.61 Å². The fraction of sp³-hybridized carbons (Fsp3) is 0.500. The highest BCUT2D eigenvalue weighted by Crippen LogP contribution is 2.35. The highest BCUT2D eigenvalue weighted by molar-refractivity contribution is 5.40. The largest absolute Gasteiger partial charge is 0.494 e. The highest BCUT2D eigenvalue weighted by Gasteiger charge is 2.31. The summed E-state index contributed by atoms with van der Waals surface area (Å²) < 4.78 is 42.7. The van der Waals surface area contributed by atoms with Crippen molar-refractivity contribution in [3.63, 3.8) is 0 Å². The molecule has 0 saturated heterocycles. The molecular formula is C12H15F3O. The third kappa shape index (κ3) is 2.90. The van der Waals surface area contributed by atoms with Crippen LogP contribution in [0.25, 0.3) is 0 Å². The number of rotatable bonds is 3. The summed E-state index contributed by atoms with van der Waals surface area (Å²) in [5.74, 6) is 0.469. The minimum absolute atomic E-state index is 0.142. The van der Waals surface area contributed by atoms with Gasteiger partial charge in [-0.05, 0) is 30.5 Å². The Labute approximate surface area is 93.2 Å². The van der Waals surface area contributed by atoms with Crippen LogP contribution in [0.3, 0.4) is 0 Å². The molecule has 0 aliphatic carbocycles. The second kappa shape index (κ2) is 4.76. The number of alkyl halides is 3. The van der Waals surface area contributed by atoms with Gasteiger partial charge in [-0.3, -0.25) is 0 Å². The van der Waals surface area contributed by atoms with Crippen LogP contribution in [-0.2, 0) is 6.18 Å². The Morgan fingerprint density at radius 3 is 2.31 bits per heavy atom. The lowest BCUT2D eigenvalue weighted by molar-refractivity contribution is -0.137. The van der Waals surface area contributed by atoms with Crippen molar-refractivity contribution in [2.45, 2.75) is 32.9 Å². The molecule has 1 rings (SSSR count). The molecule has 16 heavy (non-hydrogen) atoms. The van der Waals surface area contributed by atoms with Crippen molar-refractivity contribution < 1.29 is 17.9 Å². The van der Waals surface area contributed by atoms with Gasteiger partial charge in [-0.1, -0.05) is 19.9 Å². The highest BCUT2D eigenvalue weighted by atomic mass is 19.4. The van der Waals surface area contributed by atoms with Crippen LogP contribution in [0.15, 0.2) is 18.2 Å². The second-order valence-corrected chi connectivity index (χ2v) is 3.84. The van der Waals surface area contributed by atoms with Crippen LogP contribution in [0.1, 0.15) is 37.8 Å². The third-order valence-electron chi connectivity index (χ3n) is 2.26. The summed E-state index contributed by atoms with van der Waals surface area (Å²) in [6.07, 6.45) is -4.32. The van der Waals surface area contributed by atoms with Crippen molar-refractivity contribution in [3.05, 3.63) is 29.3 Å². The van der Waals surface area contributed by atoms with Gasteiger partial charge in [-0.15, -0.1) is 0 Å². The van der Waals surface area contributed by atoms with Crippen molar-refractivity contribution in [2.24, 2.45) is 0 Å². The molecule has 0 radical (unpaired) electrons. The first-order chi connectivity index (χ1) is 7.36. The van der Waals surface area contributed by atoms with Gasteiger partial charge >= 0.3 is 6.18 Å². The van der Waals surface area contributed by atoms with Gasteiger partial charge in [0.1, 0.15) is 5.75 Å². The first kappa shape index (κ1) is 12.9. The maximum Gasteiger partial charge on any atom is 0.416 e. The van der Waals surface area contributed by atoms with Crippen LogP contribution in [-0.4, -0.2) is 6.61 Å². The Kier molecular flexibility index (Phi) is 3.83. The van der Waals surface area contributed by atoms with E-state index in [0.717, 1.165) is 17.7 Å². The molecule has 4 heteroatoms. The third-order valence-corrected chi connectivity index (χ3v) is 2.26. The summed E-state index contributed by atoms with van der Waals surface area (Å²) in [5.41, 5.74) is 0.134. The molecule has 1 aromatic rings. The maximum absolute atomic E-state index is 12.5. The summed E-state index contributed by atoms with van der Waals surface area (Å²) in [5, 5.41) is 0. The topological polar surface area (TPSA) is 9.23 Å². The van der Waals surface area contributed by atoms with Gasteiger partial charge in [0.15, 0.2) is 0 Å². The molecule has 0 atom stereocenters. The number of hydrogen-bond acceptors (Lipinski definition) is 1. The molecule has 0 aromatic heterocycles. The average Bonchev–Trinajstić information content (AvgIpc) is 2.16. The van der Waals surface area contributed by atoms with Crippen molar-refractivity contribution in [1.82, 2.24) is 0 Å². The van der Waals surface area contributed by atoms with Crippen LogP contribution < -0.4 is 4.74 Å². The van der Waals surface area contributed by atoms with Gasteiger partial charge in [-0.25, -0.2) is 0 Å². The van der Waals surface area contributed by atoms with Crippen LogP contribution in [0.2, 0.25) is 0 Å². The number of ether oxygens (including phenoxy) is 1. The van der Waals surface area contributed by atoms with E-state index in [1.54, 1.807) is 6.92 Å². The van der Waals surface area contributed by atoms with E-state index in [-0.39, 0.29) is 5.92 Å². The number of benzene rings is 1. The van der Waals surface area contributed by atoms with Gasteiger partial charge in [-0.2, -0.15) is 13.2 Å². The quantitative estimate of drug-likeness (QED) is 0.757. The Morgan fingerprint density at radius 2 is 1.88 bits per heavy atom. The van der Waals surface area contributed by atoms with Gasteiger partial charge in [0.05, 0.1) is 12.2 Å². The Balaban J connectivity index is 3.17. The lowest BCUT2D eigenvalue weighted by atomic mass is 10.00. The molecule has 0 aliphatic rings. The Morgan fingerprint density at radius 1 is 1.25 bits per heavy atom. The molecule has 0 unspecified atom stereocenters. The number of hydrogen-bond donors (Lipinski definition) is 0. The summed E-state index contributed by atoms with van der Waals surface area (Å²) in [4.78, 5) is 0. The van der Waals surface area contributed by atoms with E-state index in [4.69, 9.17) is 4.74 Å². The van der Waals surface area contributed by atoms with E-state index in [1.165, 1.54) is 6.07 Å². The molecule has 0 heterocycles. The predicted octanol–water partition coefficient (Wildman–Crippen LogP) is 4.23. The van der Waals surface area contributed by atoms with E-state index in [2.05, 4.69) is 0 Å². The molecule has 1 aromatic carbocycles. The Hall–Kier alpha value is -1.19. The monoisotopic (exact) mass is 232 g/mol. The molecule has 0 aliphatic heterocycles. The summed E-state index contributed by atoms with van der Waals surface area (Å²) in [6, 6.07) is 3.65. The standard InChI is InChI=1S/C12H15F3O/c1-4-16-11-7-9(12(13,14)15)5-6-10(11)8(2)3/h5-8H,4H2,1-3H3. The summed E-state index contributed by atoms with van der Waals surface area (Å²) >= 11 is 0. The summed E-state index contributed by atoms with van der Waals surface area (Å²) in [7, 11) is 0. The Bertz CT molecular complexity index is 356. The van der Waals surface area contributed by atoms with Crippen molar-refractivity contribution in [3.8, 4) is 5.75 Å². The van der Waals surface area contributed by atoms with Crippen molar-refractivity contribution in [1.29, 1.82) is 0 Å². The first-order valence-electron chi connectivity index (χ1n) is 5.20. The SMILES string of the molecule is CCOc1cc(C(F)(F)F)ccc1C(C)C. The van der Waals surface area contributed by atoms with E-state index >= 15 is 0 Å². The average molecular weight is 232 g/mol. The van der Waals surface area contributed by atoms with Gasteiger partial charge in [0.2, 0.25) is 0 Å². The first-order valence-corrected chi connectivity index (χ1v) is 5.20. The molecule has 0 N–H and O–H groups in total. The van der Waals surface area contributed by atoms with E-state index in [9.17, 15) is 13.2 Å². The molecule has 0 fully saturated rings. The van der Waals surface area contributed by atoms with Crippen molar-refractivity contribution >= 4 is 0 Å². The van der Waals surface area contributed by atoms with Gasteiger partial charge in [0.25, 0.3) is 0 Å². The molecule has 0 amide bonds. The predicted molar refractivity (Wildman–Crippen MR) is 56.7 cm³/mol. The zero-order valence-corrected chi connectivity index (χ0v) is 9.56. The normalized spacial score (nSPS) is 11.9. The maximum atomic E-state index is 12.5. The van der Waals surface area contributed by atoms with Crippen LogP contribution in [0.5, 0.6) is 5.75 Å². The minimum atomic E-state index is -4.32. The van der Waals surface area contributed by atoms with Gasteiger partial charge < -0.3 is 4.74 Å². The molecule has 1 nitrogen and oxygen atoms in total. The van der Waals surface area contributed by atoms with Crippen LogP contribution in [0.4, 0.5) is 13.2 Å². The molecule has 0 saturated carbocycles. The second-order valence-electron chi connectivity index (χ2n) is 3.84. The van der Waals surface area contributed by atoms with Crippen LogP contribution in [0, 0.1) is 0 Å². The summed E-state index contributed by atoms with van der Waals surface area (Å²) in [6.45, 7) is 5.96. The molecule has 0 bridgehead atoms.